The summed E-state index contributed by atoms with van der Waals surface area (Å²) in [5, 5.41) is 4.15. The van der Waals surface area contributed by atoms with Crippen molar-refractivity contribution in [2.24, 2.45) is 0 Å². The Labute approximate surface area is 114 Å². The van der Waals surface area contributed by atoms with Gasteiger partial charge in [0, 0.05) is 23.5 Å². The Kier molecular flexibility index (Phi) is 3.82. The molecule has 2 atom stereocenters. The molecule has 0 aliphatic carbocycles. The van der Waals surface area contributed by atoms with Crippen LogP contribution >= 0.6 is 39.9 Å². The first-order valence-corrected chi connectivity index (χ1v) is 6.23. The second kappa shape index (κ2) is 4.83. The standard InChI is InChI=1S/C11H11BrClNO.ClH/c12-9-1-6-5-15-11-4-14-3-8(11)7(6)2-10(9)13;/h1-2,8,11,14H,3-5H2;1H/t8-,11-;/m1./s1. The summed E-state index contributed by atoms with van der Waals surface area (Å²) in [4.78, 5) is 0. The number of fused-ring (bicyclic) bond motifs is 3. The number of nitrogens with one attached hydrogen (secondary N) is 1. The van der Waals surface area contributed by atoms with Gasteiger partial charge in [-0.3, -0.25) is 0 Å². The molecule has 3 rings (SSSR count). The van der Waals surface area contributed by atoms with Crippen molar-refractivity contribution in [1.82, 2.24) is 5.32 Å². The molecule has 0 aromatic heterocycles. The molecular weight excluding hydrogens is 313 g/mol. The predicted octanol–water partition coefficient (Wildman–Crippen LogP) is 3.11. The van der Waals surface area contributed by atoms with E-state index in [0.717, 1.165) is 22.6 Å². The van der Waals surface area contributed by atoms with Gasteiger partial charge in [-0.05, 0) is 39.2 Å². The number of halogens is 3. The summed E-state index contributed by atoms with van der Waals surface area (Å²) in [5.41, 5.74) is 2.61. The molecule has 0 unspecified atom stereocenters. The monoisotopic (exact) mass is 323 g/mol. The first kappa shape index (κ1) is 12.7. The molecule has 1 fully saturated rings. The predicted molar refractivity (Wildman–Crippen MR) is 70.6 cm³/mol. The first-order valence-electron chi connectivity index (χ1n) is 5.06. The fraction of sp³-hybridized carbons (Fsp3) is 0.455. The molecule has 1 N–H and O–H groups in total. The van der Waals surface area contributed by atoms with E-state index >= 15 is 0 Å². The smallest absolute Gasteiger partial charge is 0.0784 e. The van der Waals surface area contributed by atoms with Crippen molar-refractivity contribution >= 4 is 39.9 Å². The number of benzene rings is 1. The van der Waals surface area contributed by atoms with Gasteiger partial charge in [-0.1, -0.05) is 11.6 Å². The van der Waals surface area contributed by atoms with Crippen LogP contribution in [0.2, 0.25) is 5.02 Å². The number of ether oxygens (including phenoxy) is 1. The van der Waals surface area contributed by atoms with Gasteiger partial charge < -0.3 is 10.1 Å². The zero-order chi connectivity index (χ0) is 10.4. The van der Waals surface area contributed by atoms with Crippen LogP contribution in [0.25, 0.3) is 0 Å². The van der Waals surface area contributed by atoms with E-state index in [1.54, 1.807) is 0 Å². The third kappa shape index (κ3) is 2.00. The lowest BCUT2D eigenvalue weighted by Crippen LogP contribution is -2.26. The zero-order valence-electron chi connectivity index (χ0n) is 8.50. The molecular formula is C11H12BrCl2NO. The van der Waals surface area contributed by atoms with Crippen LogP contribution in [-0.4, -0.2) is 19.2 Å². The van der Waals surface area contributed by atoms with Crippen LogP contribution in [0.3, 0.4) is 0 Å². The van der Waals surface area contributed by atoms with Crippen molar-refractivity contribution in [3.8, 4) is 0 Å². The Hall–Kier alpha value is 0.200. The molecule has 5 heteroatoms. The fourth-order valence-corrected chi connectivity index (χ4v) is 2.97. The average molecular weight is 325 g/mol. The topological polar surface area (TPSA) is 21.3 Å². The summed E-state index contributed by atoms with van der Waals surface area (Å²) in [6.07, 6.45) is 0.328. The fourth-order valence-electron chi connectivity index (χ4n) is 2.41. The molecule has 2 nitrogen and oxygen atoms in total. The highest BCUT2D eigenvalue weighted by molar-refractivity contribution is 9.10. The second-order valence-electron chi connectivity index (χ2n) is 4.08. The third-order valence-corrected chi connectivity index (χ3v) is 4.39. The van der Waals surface area contributed by atoms with Crippen LogP contribution in [0.15, 0.2) is 16.6 Å². The largest absolute Gasteiger partial charge is 0.372 e. The highest BCUT2D eigenvalue weighted by Gasteiger charge is 2.34. The van der Waals surface area contributed by atoms with E-state index in [0.29, 0.717) is 18.6 Å². The van der Waals surface area contributed by atoms with E-state index in [9.17, 15) is 0 Å². The quantitative estimate of drug-likeness (QED) is 0.791. The van der Waals surface area contributed by atoms with Crippen molar-refractivity contribution in [3.05, 3.63) is 32.8 Å². The minimum Gasteiger partial charge on any atom is -0.372 e. The molecule has 1 aromatic carbocycles. The van der Waals surface area contributed by atoms with Crippen LogP contribution in [0.5, 0.6) is 0 Å². The Morgan fingerprint density at radius 2 is 2.19 bits per heavy atom. The molecule has 2 heterocycles. The van der Waals surface area contributed by atoms with E-state index in [2.05, 4.69) is 33.4 Å². The molecule has 0 saturated carbocycles. The molecule has 1 saturated heterocycles. The first-order chi connectivity index (χ1) is 7.25. The van der Waals surface area contributed by atoms with Gasteiger partial charge in [-0.25, -0.2) is 0 Å². The summed E-state index contributed by atoms with van der Waals surface area (Å²) in [7, 11) is 0. The maximum absolute atomic E-state index is 6.13. The van der Waals surface area contributed by atoms with Crippen LogP contribution in [-0.2, 0) is 11.3 Å². The van der Waals surface area contributed by atoms with Crippen molar-refractivity contribution < 1.29 is 4.74 Å². The molecule has 88 valence electrons. The second-order valence-corrected chi connectivity index (χ2v) is 5.34. The summed E-state index contributed by atoms with van der Waals surface area (Å²) in [6.45, 7) is 2.65. The highest BCUT2D eigenvalue weighted by atomic mass is 79.9. The van der Waals surface area contributed by atoms with Gasteiger partial charge >= 0.3 is 0 Å². The van der Waals surface area contributed by atoms with Gasteiger partial charge in [0.2, 0.25) is 0 Å². The van der Waals surface area contributed by atoms with Crippen LogP contribution in [0.4, 0.5) is 0 Å². The van der Waals surface area contributed by atoms with E-state index < -0.39 is 0 Å². The molecule has 0 amide bonds. The van der Waals surface area contributed by atoms with Gasteiger partial charge in [0.05, 0.1) is 17.7 Å². The van der Waals surface area contributed by atoms with Crippen LogP contribution in [0.1, 0.15) is 17.0 Å². The third-order valence-electron chi connectivity index (χ3n) is 3.19. The van der Waals surface area contributed by atoms with Crippen molar-refractivity contribution in [2.45, 2.75) is 18.6 Å². The number of rotatable bonds is 0. The summed E-state index contributed by atoms with van der Waals surface area (Å²) in [5.74, 6) is 0.472. The molecule has 16 heavy (non-hydrogen) atoms. The van der Waals surface area contributed by atoms with Crippen LogP contribution in [0, 0.1) is 0 Å². The maximum Gasteiger partial charge on any atom is 0.0784 e. The minimum atomic E-state index is 0. The highest BCUT2D eigenvalue weighted by Crippen LogP contribution is 2.37. The molecule has 2 aliphatic heterocycles. The molecule has 0 bridgehead atoms. The van der Waals surface area contributed by atoms with Crippen molar-refractivity contribution in [2.75, 3.05) is 13.1 Å². The molecule has 1 aromatic rings. The summed E-state index contributed by atoms with van der Waals surface area (Å²) >= 11 is 9.57. The zero-order valence-corrected chi connectivity index (χ0v) is 11.7. The molecule has 2 aliphatic rings. The van der Waals surface area contributed by atoms with Gasteiger partial charge in [-0.15, -0.1) is 12.4 Å². The van der Waals surface area contributed by atoms with Crippen molar-refractivity contribution in [1.29, 1.82) is 0 Å². The minimum absolute atomic E-state index is 0. The molecule has 0 radical (unpaired) electrons. The van der Waals surface area contributed by atoms with E-state index in [-0.39, 0.29) is 12.4 Å². The average Bonchev–Trinajstić information content (AvgIpc) is 2.68. The Morgan fingerprint density at radius 3 is 3.00 bits per heavy atom. The maximum atomic E-state index is 6.13. The van der Waals surface area contributed by atoms with E-state index in [1.165, 1.54) is 11.1 Å². The lowest BCUT2D eigenvalue weighted by molar-refractivity contribution is 0.0299. The van der Waals surface area contributed by atoms with Gasteiger partial charge in [0.25, 0.3) is 0 Å². The number of hydrogen-bond donors (Lipinski definition) is 1. The van der Waals surface area contributed by atoms with E-state index in [1.807, 2.05) is 0 Å². The lowest BCUT2D eigenvalue weighted by Gasteiger charge is -2.28. The molecule has 0 spiro atoms. The Morgan fingerprint density at radius 1 is 1.38 bits per heavy atom. The van der Waals surface area contributed by atoms with Gasteiger partial charge in [-0.2, -0.15) is 0 Å². The summed E-state index contributed by atoms with van der Waals surface area (Å²) in [6, 6.07) is 4.15. The summed E-state index contributed by atoms with van der Waals surface area (Å²) < 4.78 is 6.75. The van der Waals surface area contributed by atoms with Crippen molar-refractivity contribution in [3.63, 3.8) is 0 Å². The lowest BCUT2D eigenvalue weighted by atomic mass is 9.90. The Balaban J connectivity index is 0.000000963. The van der Waals surface area contributed by atoms with Gasteiger partial charge in [0.1, 0.15) is 0 Å². The Bertz CT molecular complexity index is 413. The number of hydrogen-bond acceptors (Lipinski definition) is 2. The normalized spacial score (nSPS) is 26.9. The SMILES string of the molecule is Cl.Clc1cc2c(cc1Br)CO[C@@H]1CNC[C@H]21. The van der Waals surface area contributed by atoms with Gasteiger partial charge in [0.15, 0.2) is 0 Å². The van der Waals surface area contributed by atoms with Crippen LogP contribution < -0.4 is 5.32 Å². The van der Waals surface area contributed by atoms with E-state index in [4.69, 9.17) is 16.3 Å².